The predicted molar refractivity (Wildman–Crippen MR) is 116 cm³/mol. The van der Waals surface area contributed by atoms with Gasteiger partial charge in [-0.15, -0.1) is 0 Å². The first kappa shape index (κ1) is 19.6. The molecule has 0 unspecified atom stereocenters. The lowest BCUT2D eigenvalue weighted by atomic mass is 10.0. The second-order valence-electron chi connectivity index (χ2n) is 8.09. The molecule has 156 valence electrons. The first-order valence-electron chi connectivity index (χ1n) is 10.3. The highest BCUT2D eigenvalue weighted by Crippen LogP contribution is 2.42. The lowest BCUT2D eigenvalue weighted by Gasteiger charge is -2.14. The molecule has 0 saturated heterocycles. The van der Waals surface area contributed by atoms with Crippen LogP contribution in [0.2, 0.25) is 0 Å². The lowest BCUT2D eigenvalue weighted by molar-refractivity contribution is -0.137. The third-order valence-electron chi connectivity index (χ3n) is 5.69. The van der Waals surface area contributed by atoms with E-state index in [1.807, 2.05) is 49.5 Å². The smallest absolute Gasteiger partial charge is 0.299 e. The summed E-state index contributed by atoms with van der Waals surface area (Å²) >= 11 is 0. The number of aromatic nitrogens is 2. The highest BCUT2D eigenvalue weighted by Gasteiger charge is 2.35. The molecule has 1 heterocycles. The molecule has 1 fully saturated rings. The maximum absolute atomic E-state index is 13.7. The molecule has 0 radical (unpaired) electrons. The Balaban J connectivity index is 1.61. The van der Waals surface area contributed by atoms with Crippen LogP contribution >= 0.6 is 0 Å². The van der Waals surface area contributed by atoms with Gasteiger partial charge in [0.1, 0.15) is 5.82 Å². The van der Waals surface area contributed by atoms with E-state index >= 15 is 0 Å². The molecule has 5 heteroatoms. The summed E-state index contributed by atoms with van der Waals surface area (Å²) in [6.45, 7) is 2.05. The predicted octanol–water partition coefficient (Wildman–Crippen LogP) is 7.41. The maximum atomic E-state index is 13.7. The van der Waals surface area contributed by atoms with E-state index in [2.05, 4.69) is 17.1 Å². The molecule has 0 N–H and O–H groups in total. The van der Waals surface area contributed by atoms with Crippen molar-refractivity contribution in [2.75, 3.05) is 0 Å². The zero-order valence-electron chi connectivity index (χ0n) is 17.0. The number of hydrogen-bond donors (Lipinski definition) is 0. The van der Waals surface area contributed by atoms with Crippen molar-refractivity contribution in [3.63, 3.8) is 0 Å². The number of nitrogens with zero attached hydrogens (tertiary/aromatic N) is 2. The Bertz CT molecular complexity index is 1230. The van der Waals surface area contributed by atoms with Crippen molar-refractivity contribution in [2.45, 2.75) is 31.9 Å². The van der Waals surface area contributed by atoms with Gasteiger partial charge in [-0.05, 0) is 49.1 Å². The van der Waals surface area contributed by atoms with Crippen LogP contribution in [0.4, 0.5) is 13.2 Å². The van der Waals surface area contributed by atoms with Crippen molar-refractivity contribution in [1.82, 2.24) is 9.55 Å². The van der Waals surface area contributed by atoms with Crippen LogP contribution in [0.5, 0.6) is 0 Å². The quantitative estimate of drug-likeness (QED) is 0.337. The first-order chi connectivity index (χ1) is 14.9. The molecule has 1 aliphatic carbocycles. The zero-order valence-corrected chi connectivity index (χ0v) is 17.0. The van der Waals surface area contributed by atoms with Crippen LogP contribution in [0.1, 0.15) is 35.6 Å². The van der Waals surface area contributed by atoms with Crippen LogP contribution in [0.25, 0.3) is 28.2 Å². The molecular formula is C26H21F3N2. The fourth-order valence-electron chi connectivity index (χ4n) is 3.93. The normalized spacial score (nSPS) is 14.1. The Labute approximate surface area is 179 Å². The molecule has 0 aliphatic heterocycles. The van der Waals surface area contributed by atoms with E-state index in [-0.39, 0.29) is 5.56 Å². The van der Waals surface area contributed by atoms with E-state index in [1.165, 1.54) is 17.7 Å². The van der Waals surface area contributed by atoms with Crippen molar-refractivity contribution in [2.24, 2.45) is 0 Å². The molecule has 4 aromatic rings. The summed E-state index contributed by atoms with van der Waals surface area (Å²) in [5.74, 6) is 0.669. The molecule has 1 aromatic heterocycles. The zero-order chi connectivity index (χ0) is 21.6. The molecule has 31 heavy (non-hydrogen) atoms. The number of benzene rings is 3. The van der Waals surface area contributed by atoms with Gasteiger partial charge in [0.2, 0.25) is 0 Å². The summed E-state index contributed by atoms with van der Waals surface area (Å²) in [6.07, 6.45) is -0.489. The Hall–Kier alpha value is -3.34. The van der Waals surface area contributed by atoms with Crippen molar-refractivity contribution < 1.29 is 13.2 Å². The topological polar surface area (TPSA) is 17.8 Å². The van der Waals surface area contributed by atoms with Crippen LogP contribution in [-0.4, -0.2) is 9.55 Å². The third kappa shape index (κ3) is 3.88. The highest BCUT2D eigenvalue weighted by molar-refractivity contribution is 5.68. The average molecular weight is 418 g/mol. The largest absolute Gasteiger partial charge is 0.417 e. The molecule has 3 aromatic carbocycles. The van der Waals surface area contributed by atoms with Gasteiger partial charge < -0.3 is 0 Å². The molecule has 0 amide bonds. The molecule has 1 saturated carbocycles. The van der Waals surface area contributed by atoms with Crippen LogP contribution in [0, 0.1) is 6.92 Å². The SMILES string of the molecule is Cc1cccc(-c2ccc(-n3cc(C4CC4)nc3-c3ccccc3C(F)(F)F)cc2)c1. The lowest BCUT2D eigenvalue weighted by Crippen LogP contribution is -2.08. The molecule has 2 nitrogen and oxygen atoms in total. The summed E-state index contributed by atoms with van der Waals surface area (Å²) in [5, 5.41) is 0. The van der Waals surface area contributed by atoms with E-state index in [0.717, 1.165) is 41.4 Å². The van der Waals surface area contributed by atoms with Crippen molar-refractivity contribution in [3.8, 4) is 28.2 Å². The maximum Gasteiger partial charge on any atom is 0.417 e. The Morgan fingerprint density at radius 1 is 0.871 bits per heavy atom. The highest BCUT2D eigenvalue weighted by atomic mass is 19.4. The van der Waals surface area contributed by atoms with Gasteiger partial charge in [0.25, 0.3) is 0 Å². The molecule has 0 spiro atoms. The summed E-state index contributed by atoms with van der Waals surface area (Å²) in [7, 11) is 0. The number of aryl methyl sites for hydroxylation is 1. The molecular weight excluding hydrogens is 397 g/mol. The Morgan fingerprint density at radius 2 is 1.61 bits per heavy atom. The molecule has 0 atom stereocenters. The second-order valence-corrected chi connectivity index (χ2v) is 8.09. The van der Waals surface area contributed by atoms with Crippen LogP contribution in [0.15, 0.2) is 79.0 Å². The standard InChI is InChI=1S/C26H21F3N2/c1-17-5-4-6-20(15-17)18-11-13-21(14-12-18)31-16-24(19-9-10-19)30-25(31)22-7-2-3-8-23(22)26(27,28)29/h2-8,11-16,19H,9-10H2,1H3. The van der Waals surface area contributed by atoms with Crippen molar-refractivity contribution >= 4 is 0 Å². The summed E-state index contributed by atoms with van der Waals surface area (Å²) in [4.78, 5) is 4.65. The minimum atomic E-state index is -4.44. The van der Waals surface area contributed by atoms with Gasteiger partial charge in [-0.25, -0.2) is 4.98 Å². The van der Waals surface area contributed by atoms with Crippen LogP contribution in [-0.2, 0) is 6.18 Å². The number of imidazole rings is 1. The fourth-order valence-corrected chi connectivity index (χ4v) is 3.93. The Kier molecular flexibility index (Phi) is 4.69. The minimum Gasteiger partial charge on any atom is -0.299 e. The van der Waals surface area contributed by atoms with Gasteiger partial charge in [-0.2, -0.15) is 13.2 Å². The third-order valence-corrected chi connectivity index (χ3v) is 5.69. The van der Waals surface area contributed by atoms with Gasteiger partial charge in [0.05, 0.1) is 11.3 Å². The Morgan fingerprint density at radius 3 is 2.29 bits per heavy atom. The van der Waals surface area contributed by atoms with E-state index in [0.29, 0.717) is 11.7 Å². The van der Waals surface area contributed by atoms with Gasteiger partial charge in [-0.1, -0.05) is 60.2 Å². The molecule has 1 aliphatic rings. The van der Waals surface area contributed by atoms with E-state index in [9.17, 15) is 13.2 Å². The minimum absolute atomic E-state index is 0.102. The summed E-state index contributed by atoms with van der Waals surface area (Å²) in [6, 6.07) is 21.8. The number of halogens is 3. The number of alkyl halides is 3. The fraction of sp³-hybridized carbons (Fsp3) is 0.192. The average Bonchev–Trinajstić information content (AvgIpc) is 3.52. The van der Waals surface area contributed by atoms with Gasteiger partial charge in [0.15, 0.2) is 0 Å². The van der Waals surface area contributed by atoms with Crippen LogP contribution in [0.3, 0.4) is 0 Å². The van der Waals surface area contributed by atoms with Crippen molar-refractivity contribution in [3.05, 3.63) is 95.8 Å². The molecule has 5 rings (SSSR count). The van der Waals surface area contributed by atoms with Crippen LogP contribution < -0.4 is 0 Å². The van der Waals surface area contributed by atoms with Gasteiger partial charge >= 0.3 is 6.18 Å². The summed E-state index contributed by atoms with van der Waals surface area (Å²) < 4.78 is 42.8. The van der Waals surface area contributed by atoms with E-state index in [1.54, 1.807) is 10.6 Å². The number of hydrogen-bond acceptors (Lipinski definition) is 1. The van der Waals surface area contributed by atoms with Gasteiger partial charge in [0, 0.05) is 23.4 Å². The molecule has 0 bridgehead atoms. The monoisotopic (exact) mass is 418 g/mol. The number of rotatable bonds is 4. The van der Waals surface area contributed by atoms with E-state index in [4.69, 9.17) is 0 Å². The summed E-state index contributed by atoms with van der Waals surface area (Å²) in [5.41, 5.74) is 4.43. The van der Waals surface area contributed by atoms with E-state index < -0.39 is 11.7 Å². The second kappa shape index (κ2) is 7.41. The first-order valence-corrected chi connectivity index (χ1v) is 10.3. The van der Waals surface area contributed by atoms with Crippen molar-refractivity contribution in [1.29, 1.82) is 0 Å². The van der Waals surface area contributed by atoms with Gasteiger partial charge in [-0.3, -0.25) is 4.57 Å².